The molecule has 1 fully saturated rings. The van der Waals surface area contributed by atoms with E-state index in [0.29, 0.717) is 36.7 Å². The minimum Gasteiger partial charge on any atom is -0.379 e. The average molecular weight is 446 g/mol. The summed E-state index contributed by atoms with van der Waals surface area (Å²) in [6.45, 7) is 5.56. The number of rotatable bonds is 3. The number of benzene rings is 2. The van der Waals surface area contributed by atoms with Crippen LogP contribution in [0.5, 0.6) is 0 Å². The Kier molecular flexibility index (Phi) is 5.63. The van der Waals surface area contributed by atoms with Crippen molar-refractivity contribution in [2.24, 2.45) is 12.0 Å². The Hall–Kier alpha value is -2.33. The van der Waals surface area contributed by atoms with Crippen molar-refractivity contribution in [3.63, 3.8) is 0 Å². The lowest BCUT2D eigenvalue weighted by molar-refractivity contribution is 0.0730. The van der Waals surface area contributed by atoms with E-state index in [-0.39, 0.29) is 4.90 Å². The van der Waals surface area contributed by atoms with Gasteiger partial charge in [-0.25, -0.2) is 8.42 Å². The SMILES string of the molecule is Cc1cc2sc(=NC(=O)c3ccc(S(=O)(=O)N4CCOCC4)cc3)n(C)c2cc1C. The molecule has 0 spiro atoms. The molecule has 0 radical (unpaired) electrons. The van der Waals surface area contributed by atoms with Crippen LogP contribution in [0.3, 0.4) is 0 Å². The number of aromatic nitrogens is 1. The molecule has 1 aliphatic rings. The van der Waals surface area contributed by atoms with Crippen LogP contribution < -0.4 is 4.80 Å². The van der Waals surface area contributed by atoms with Crippen molar-refractivity contribution in [1.29, 1.82) is 0 Å². The summed E-state index contributed by atoms with van der Waals surface area (Å²) < 4.78 is 35.0. The van der Waals surface area contributed by atoms with Crippen LogP contribution in [0.2, 0.25) is 0 Å². The van der Waals surface area contributed by atoms with Gasteiger partial charge in [0.25, 0.3) is 5.91 Å². The predicted molar refractivity (Wildman–Crippen MR) is 116 cm³/mol. The second-order valence-electron chi connectivity index (χ2n) is 7.31. The lowest BCUT2D eigenvalue weighted by atomic mass is 10.1. The molecule has 1 aliphatic heterocycles. The number of ether oxygens (including phenoxy) is 1. The molecule has 4 rings (SSSR count). The molecule has 1 aromatic heterocycles. The average Bonchev–Trinajstić information content (AvgIpc) is 3.03. The smallest absolute Gasteiger partial charge is 0.279 e. The molecule has 7 nitrogen and oxygen atoms in total. The Bertz CT molecular complexity index is 1280. The number of thiazole rings is 1. The fourth-order valence-corrected chi connectivity index (χ4v) is 5.85. The number of carbonyl (C=O) groups is 1. The van der Waals surface area contributed by atoms with Crippen molar-refractivity contribution in [1.82, 2.24) is 8.87 Å². The van der Waals surface area contributed by atoms with Crippen LogP contribution in [0.25, 0.3) is 10.2 Å². The molecule has 1 saturated heterocycles. The molecule has 0 atom stereocenters. The highest BCUT2D eigenvalue weighted by molar-refractivity contribution is 7.89. The zero-order chi connectivity index (χ0) is 21.5. The van der Waals surface area contributed by atoms with Crippen LogP contribution in [0.1, 0.15) is 21.5 Å². The number of fused-ring (bicyclic) bond motifs is 1. The van der Waals surface area contributed by atoms with Gasteiger partial charge in [-0.1, -0.05) is 11.3 Å². The van der Waals surface area contributed by atoms with E-state index in [1.807, 2.05) is 11.6 Å². The van der Waals surface area contributed by atoms with E-state index >= 15 is 0 Å². The molecule has 0 saturated carbocycles. The maximum atomic E-state index is 12.7. The van der Waals surface area contributed by atoms with Gasteiger partial charge in [-0.3, -0.25) is 4.79 Å². The number of carbonyl (C=O) groups excluding carboxylic acids is 1. The van der Waals surface area contributed by atoms with Gasteiger partial charge in [0.05, 0.1) is 28.3 Å². The number of hydrogen-bond donors (Lipinski definition) is 0. The second-order valence-corrected chi connectivity index (χ2v) is 10.3. The highest BCUT2D eigenvalue weighted by Crippen LogP contribution is 2.22. The monoisotopic (exact) mass is 445 g/mol. The molecular formula is C21H23N3O4S2. The zero-order valence-electron chi connectivity index (χ0n) is 17.1. The van der Waals surface area contributed by atoms with Gasteiger partial charge in [0, 0.05) is 25.7 Å². The highest BCUT2D eigenvalue weighted by Gasteiger charge is 2.26. The van der Waals surface area contributed by atoms with Crippen molar-refractivity contribution in [2.75, 3.05) is 26.3 Å². The van der Waals surface area contributed by atoms with Gasteiger partial charge in [-0.15, -0.1) is 0 Å². The minimum absolute atomic E-state index is 0.166. The Morgan fingerprint density at radius 2 is 1.70 bits per heavy atom. The van der Waals surface area contributed by atoms with Crippen LogP contribution in [0.4, 0.5) is 0 Å². The molecule has 0 bridgehead atoms. The Morgan fingerprint density at radius 3 is 2.37 bits per heavy atom. The molecular weight excluding hydrogens is 422 g/mol. The molecule has 0 aliphatic carbocycles. The van der Waals surface area contributed by atoms with Crippen molar-refractivity contribution in [3.8, 4) is 0 Å². The van der Waals surface area contributed by atoms with Gasteiger partial charge in [0.1, 0.15) is 0 Å². The first-order valence-electron chi connectivity index (χ1n) is 9.61. The van der Waals surface area contributed by atoms with Gasteiger partial charge < -0.3 is 9.30 Å². The molecule has 1 amide bonds. The van der Waals surface area contributed by atoms with Gasteiger partial charge in [-0.2, -0.15) is 9.30 Å². The van der Waals surface area contributed by atoms with Crippen LogP contribution in [-0.2, 0) is 21.8 Å². The summed E-state index contributed by atoms with van der Waals surface area (Å²) in [7, 11) is -1.70. The van der Waals surface area contributed by atoms with E-state index in [1.165, 1.54) is 51.0 Å². The molecule has 0 N–H and O–H groups in total. The maximum absolute atomic E-state index is 12.7. The van der Waals surface area contributed by atoms with Crippen molar-refractivity contribution >= 4 is 37.5 Å². The summed E-state index contributed by atoms with van der Waals surface area (Å²) in [5.41, 5.74) is 3.76. The number of morpholine rings is 1. The third-order valence-corrected chi connectivity index (χ3v) is 8.34. The Labute approximate surface area is 179 Å². The molecule has 9 heteroatoms. The largest absolute Gasteiger partial charge is 0.379 e. The number of aryl methyl sites for hydroxylation is 3. The van der Waals surface area contributed by atoms with E-state index in [9.17, 15) is 13.2 Å². The lowest BCUT2D eigenvalue weighted by Crippen LogP contribution is -2.40. The van der Waals surface area contributed by atoms with Crippen molar-refractivity contribution < 1.29 is 17.9 Å². The fourth-order valence-electron chi connectivity index (χ4n) is 3.34. The summed E-state index contributed by atoms with van der Waals surface area (Å²) in [5.74, 6) is -0.402. The topological polar surface area (TPSA) is 81.0 Å². The standard InChI is InChI=1S/C21H23N3O4S2/c1-14-12-18-19(13-15(14)2)29-21(23(18)3)22-20(25)16-4-6-17(7-5-16)30(26,27)24-8-10-28-11-9-24/h4-7,12-13H,8-11H2,1-3H3. The van der Waals surface area contributed by atoms with E-state index in [0.717, 1.165) is 10.2 Å². The summed E-state index contributed by atoms with van der Waals surface area (Å²) in [5, 5.41) is 0. The van der Waals surface area contributed by atoms with Crippen molar-refractivity contribution in [2.45, 2.75) is 18.7 Å². The first kappa shape index (κ1) is 20.9. The number of nitrogens with zero attached hydrogens (tertiary/aromatic N) is 3. The summed E-state index contributed by atoms with van der Waals surface area (Å²) >= 11 is 1.46. The minimum atomic E-state index is -3.59. The third kappa shape index (κ3) is 3.85. The summed E-state index contributed by atoms with van der Waals surface area (Å²) in [6, 6.07) is 10.2. The molecule has 158 valence electrons. The molecule has 2 heterocycles. The van der Waals surface area contributed by atoms with Crippen LogP contribution in [0, 0.1) is 13.8 Å². The third-order valence-electron chi connectivity index (χ3n) is 5.33. The van der Waals surface area contributed by atoms with Gasteiger partial charge in [-0.05, 0) is 61.4 Å². The second kappa shape index (κ2) is 8.07. The first-order chi connectivity index (χ1) is 14.3. The van der Waals surface area contributed by atoms with Gasteiger partial charge in [0.15, 0.2) is 4.80 Å². The van der Waals surface area contributed by atoms with Gasteiger partial charge in [0.2, 0.25) is 10.0 Å². The van der Waals surface area contributed by atoms with E-state index in [4.69, 9.17) is 4.74 Å². The number of amides is 1. The molecule has 30 heavy (non-hydrogen) atoms. The zero-order valence-corrected chi connectivity index (χ0v) is 18.7. The predicted octanol–water partition coefficient (Wildman–Crippen LogP) is 2.62. The van der Waals surface area contributed by atoms with E-state index in [1.54, 1.807) is 0 Å². The lowest BCUT2D eigenvalue weighted by Gasteiger charge is -2.26. The molecule has 0 unspecified atom stereocenters. The summed E-state index contributed by atoms with van der Waals surface area (Å²) in [4.78, 5) is 17.7. The number of sulfonamides is 1. The molecule has 3 aromatic rings. The van der Waals surface area contributed by atoms with Crippen LogP contribution in [0.15, 0.2) is 46.3 Å². The van der Waals surface area contributed by atoms with Gasteiger partial charge >= 0.3 is 0 Å². The fraction of sp³-hybridized carbons (Fsp3) is 0.333. The normalized spacial score (nSPS) is 16.3. The van der Waals surface area contributed by atoms with Crippen LogP contribution >= 0.6 is 11.3 Å². The van der Waals surface area contributed by atoms with E-state index in [2.05, 4.69) is 31.0 Å². The number of hydrogen-bond acceptors (Lipinski definition) is 5. The van der Waals surface area contributed by atoms with Crippen molar-refractivity contribution in [3.05, 3.63) is 57.9 Å². The quantitative estimate of drug-likeness (QED) is 0.621. The Balaban J connectivity index is 1.63. The van der Waals surface area contributed by atoms with Crippen LogP contribution in [-0.4, -0.2) is 49.5 Å². The van der Waals surface area contributed by atoms with E-state index < -0.39 is 15.9 Å². The molecule has 2 aromatic carbocycles. The Morgan fingerprint density at radius 1 is 1.07 bits per heavy atom. The highest BCUT2D eigenvalue weighted by atomic mass is 32.2. The maximum Gasteiger partial charge on any atom is 0.279 e. The first-order valence-corrected chi connectivity index (χ1v) is 11.9. The summed E-state index contributed by atoms with van der Waals surface area (Å²) in [6.07, 6.45) is 0.